The number of hydrogen-bond donors (Lipinski definition) is 2. The average Bonchev–Trinajstić information content (AvgIpc) is 3.44. The first-order valence-electron chi connectivity index (χ1n) is 10.8. The summed E-state index contributed by atoms with van der Waals surface area (Å²) in [6, 6.07) is 14.5. The Hall–Kier alpha value is -3.19. The fourth-order valence-corrected chi connectivity index (χ4v) is 4.34. The molecule has 1 atom stereocenters. The number of anilines is 2. The van der Waals surface area contributed by atoms with Crippen LogP contribution in [0.5, 0.6) is 0 Å². The summed E-state index contributed by atoms with van der Waals surface area (Å²) >= 11 is 0. The van der Waals surface area contributed by atoms with E-state index in [4.69, 9.17) is 4.98 Å². The van der Waals surface area contributed by atoms with E-state index in [9.17, 15) is 9.18 Å². The largest absolute Gasteiger partial charge is 0.340 e. The molecule has 0 spiro atoms. The molecule has 0 saturated carbocycles. The van der Waals surface area contributed by atoms with Crippen LogP contribution >= 0.6 is 0 Å². The Morgan fingerprint density at radius 2 is 1.90 bits per heavy atom. The predicted octanol–water partition coefficient (Wildman–Crippen LogP) is 3.84. The van der Waals surface area contributed by atoms with Gasteiger partial charge in [-0.2, -0.15) is 0 Å². The van der Waals surface area contributed by atoms with E-state index in [0.717, 1.165) is 48.0 Å². The maximum absolute atomic E-state index is 13.5. The van der Waals surface area contributed by atoms with E-state index >= 15 is 0 Å². The van der Waals surface area contributed by atoms with Crippen LogP contribution in [0.3, 0.4) is 0 Å². The molecule has 2 aromatic carbocycles. The first-order valence-corrected chi connectivity index (χ1v) is 10.8. The van der Waals surface area contributed by atoms with Crippen molar-refractivity contribution in [2.75, 3.05) is 18.4 Å². The van der Waals surface area contributed by atoms with Crippen LogP contribution in [-0.2, 0) is 17.9 Å². The van der Waals surface area contributed by atoms with Crippen molar-refractivity contribution < 1.29 is 9.18 Å². The van der Waals surface area contributed by atoms with Crippen molar-refractivity contribution in [2.45, 2.75) is 38.9 Å². The van der Waals surface area contributed by atoms with Crippen molar-refractivity contribution in [3.05, 3.63) is 65.7 Å². The number of nitrogens with zero attached hydrogens (tertiary/aromatic N) is 3. The molecule has 6 nitrogen and oxygen atoms in total. The van der Waals surface area contributed by atoms with Crippen LogP contribution in [0, 0.1) is 12.7 Å². The second-order valence-electron chi connectivity index (χ2n) is 8.28. The lowest BCUT2D eigenvalue weighted by molar-refractivity contribution is -0.134. The summed E-state index contributed by atoms with van der Waals surface area (Å²) < 4.78 is 15.7. The molecule has 7 heteroatoms. The first-order chi connectivity index (χ1) is 15.1. The minimum atomic E-state index is -0.276. The van der Waals surface area contributed by atoms with Gasteiger partial charge in [0, 0.05) is 24.3 Å². The number of aromatic nitrogens is 2. The monoisotopic (exact) mass is 419 g/mol. The van der Waals surface area contributed by atoms with Gasteiger partial charge in [0.05, 0.1) is 12.6 Å². The average molecular weight is 420 g/mol. The Morgan fingerprint density at radius 3 is 2.61 bits per heavy atom. The number of rotatable bonds is 4. The molecule has 3 heterocycles. The van der Waals surface area contributed by atoms with Crippen LogP contribution < -0.4 is 10.6 Å². The van der Waals surface area contributed by atoms with Crippen molar-refractivity contribution in [1.82, 2.24) is 19.8 Å². The highest BCUT2D eigenvalue weighted by Crippen LogP contribution is 2.33. The summed E-state index contributed by atoms with van der Waals surface area (Å²) in [5.41, 5.74) is 3.76. The summed E-state index contributed by atoms with van der Waals surface area (Å²) in [5, 5.41) is 6.81. The smallest absolute Gasteiger partial charge is 0.240 e. The summed E-state index contributed by atoms with van der Waals surface area (Å²) in [4.78, 5) is 19.7. The lowest BCUT2D eigenvalue weighted by Gasteiger charge is -2.30. The normalized spacial score (nSPS) is 18.1. The van der Waals surface area contributed by atoms with Crippen molar-refractivity contribution in [3.8, 4) is 11.3 Å². The molecule has 160 valence electrons. The van der Waals surface area contributed by atoms with Crippen LogP contribution in [-0.4, -0.2) is 39.5 Å². The number of imidazole rings is 1. The zero-order valence-corrected chi connectivity index (χ0v) is 17.6. The minimum absolute atomic E-state index is 0.0803. The molecule has 2 aliphatic rings. The molecule has 1 saturated heterocycles. The number of carbonyl (C=O) groups is 1. The van der Waals surface area contributed by atoms with E-state index in [2.05, 4.69) is 34.3 Å². The van der Waals surface area contributed by atoms with E-state index < -0.39 is 0 Å². The van der Waals surface area contributed by atoms with Crippen LogP contribution in [0.25, 0.3) is 11.3 Å². The number of carbonyl (C=O) groups excluding carboxylic acids is 1. The van der Waals surface area contributed by atoms with E-state index in [-0.39, 0.29) is 17.8 Å². The number of amides is 1. The van der Waals surface area contributed by atoms with Crippen molar-refractivity contribution in [1.29, 1.82) is 0 Å². The number of halogens is 1. The van der Waals surface area contributed by atoms with Crippen molar-refractivity contribution in [3.63, 3.8) is 0 Å². The van der Waals surface area contributed by atoms with E-state index in [1.54, 1.807) is 12.1 Å². The first kappa shape index (κ1) is 19.8. The zero-order chi connectivity index (χ0) is 21.4. The SMILES string of the molecule is Cc1ccc(Nc2c(-c3ccc(F)cc3)nc3n2CCN(C(=O)[C@@H]2CCCN2)C3)cc1. The third kappa shape index (κ3) is 3.93. The van der Waals surface area contributed by atoms with Crippen LogP contribution in [0.15, 0.2) is 48.5 Å². The standard InChI is InChI=1S/C24H26FN5O/c1-16-4-10-19(11-5-16)27-23-22(17-6-8-18(25)9-7-17)28-21-15-29(13-14-30(21)23)24(31)20-3-2-12-26-20/h4-11,20,26-27H,2-3,12-15H2,1H3/t20-/m0/s1. The van der Waals surface area contributed by atoms with Crippen LogP contribution in [0.4, 0.5) is 15.9 Å². The van der Waals surface area contributed by atoms with Gasteiger partial charge in [0.1, 0.15) is 23.2 Å². The molecule has 0 aliphatic carbocycles. The van der Waals surface area contributed by atoms with Crippen LogP contribution in [0.1, 0.15) is 24.2 Å². The van der Waals surface area contributed by atoms with Gasteiger partial charge in [-0.15, -0.1) is 0 Å². The number of benzene rings is 2. The van der Waals surface area contributed by atoms with Gasteiger partial charge in [0.2, 0.25) is 5.91 Å². The number of nitrogens with one attached hydrogen (secondary N) is 2. The van der Waals surface area contributed by atoms with Gasteiger partial charge in [-0.1, -0.05) is 17.7 Å². The molecule has 1 fully saturated rings. The molecule has 2 aliphatic heterocycles. The molecule has 0 bridgehead atoms. The fourth-order valence-electron chi connectivity index (χ4n) is 4.34. The predicted molar refractivity (Wildman–Crippen MR) is 119 cm³/mol. The van der Waals surface area contributed by atoms with Gasteiger partial charge >= 0.3 is 0 Å². The van der Waals surface area contributed by atoms with E-state index in [1.807, 2.05) is 17.0 Å². The Bertz CT molecular complexity index is 1080. The second-order valence-corrected chi connectivity index (χ2v) is 8.28. The quantitative estimate of drug-likeness (QED) is 0.675. The fraction of sp³-hybridized carbons (Fsp3) is 0.333. The number of aryl methyl sites for hydroxylation is 1. The lowest BCUT2D eigenvalue weighted by atomic mass is 10.1. The van der Waals surface area contributed by atoms with Gasteiger partial charge in [-0.05, 0) is 62.7 Å². The Balaban J connectivity index is 1.49. The molecule has 0 unspecified atom stereocenters. The van der Waals surface area contributed by atoms with Crippen molar-refractivity contribution >= 4 is 17.4 Å². The van der Waals surface area contributed by atoms with E-state index in [1.165, 1.54) is 17.7 Å². The molecular formula is C24H26FN5O. The number of hydrogen-bond acceptors (Lipinski definition) is 4. The molecular weight excluding hydrogens is 393 g/mol. The Kier molecular flexibility index (Phi) is 5.19. The third-order valence-electron chi connectivity index (χ3n) is 6.07. The maximum Gasteiger partial charge on any atom is 0.240 e. The lowest BCUT2D eigenvalue weighted by Crippen LogP contribution is -2.46. The van der Waals surface area contributed by atoms with Gasteiger partial charge in [-0.25, -0.2) is 9.37 Å². The van der Waals surface area contributed by atoms with Gasteiger partial charge in [0.15, 0.2) is 0 Å². The highest BCUT2D eigenvalue weighted by Gasteiger charge is 2.31. The second kappa shape index (κ2) is 8.15. The van der Waals surface area contributed by atoms with Gasteiger partial charge in [0.25, 0.3) is 0 Å². The Labute approximate surface area is 181 Å². The minimum Gasteiger partial charge on any atom is -0.340 e. The van der Waals surface area contributed by atoms with Gasteiger partial charge < -0.3 is 20.1 Å². The maximum atomic E-state index is 13.5. The summed E-state index contributed by atoms with van der Waals surface area (Å²) in [6.45, 7) is 4.74. The number of fused-ring (bicyclic) bond motifs is 1. The van der Waals surface area contributed by atoms with Gasteiger partial charge in [-0.3, -0.25) is 4.79 Å². The molecule has 0 radical (unpaired) electrons. The van der Waals surface area contributed by atoms with E-state index in [0.29, 0.717) is 19.6 Å². The molecule has 5 rings (SSSR count). The zero-order valence-electron chi connectivity index (χ0n) is 17.6. The highest BCUT2D eigenvalue weighted by atomic mass is 19.1. The highest BCUT2D eigenvalue weighted by molar-refractivity contribution is 5.82. The Morgan fingerprint density at radius 1 is 1.13 bits per heavy atom. The molecule has 1 aromatic heterocycles. The third-order valence-corrected chi connectivity index (χ3v) is 6.07. The van der Waals surface area contributed by atoms with Crippen molar-refractivity contribution in [2.24, 2.45) is 0 Å². The summed E-state index contributed by atoms with van der Waals surface area (Å²) in [7, 11) is 0. The summed E-state index contributed by atoms with van der Waals surface area (Å²) in [6.07, 6.45) is 1.93. The summed E-state index contributed by atoms with van der Waals surface area (Å²) in [5.74, 6) is 1.59. The van der Waals surface area contributed by atoms with Crippen LogP contribution in [0.2, 0.25) is 0 Å². The molecule has 31 heavy (non-hydrogen) atoms. The molecule has 1 amide bonds. The molecule has 3 aromatic rings. The topological polar surface area (TPSA) is 62.2 Å². The molecule has 2 N–H and O–H groups in total.